The molecule has 0 amide bonds. The number of aliphatic hydroxyl groups excluding tert-OH is 1. The predicted octanol–water partition coefficient (Wildman–Crippen LogP) is 3.33. The summed E-state index contributed by atoms with van der Waals surface area (Å²) in [5.41, 5.74) is 0. The molecule has 0 aliphatic heterocycles. The van der Waals surface area contributed by atoms with Gasteiger partial charge in [0.05, 0.1) is 16.2 Å². The summed E-state index contributed by atoms with van der Waals surface area (Å²) in [6, 6.07) is 0. The van der Waals surface area contributed by atoms with Gasteiger partial charge < -0.3 is 9.66 Å². The third kappa shape index (κ3) is 20.8. The van der Waals surface area contributed by atoms with Gasteiger partial charge in [0.2, 0.25) is 0 Å². The molecule has 164 valence electrons. The molecule has 0 rings (SSSR count). The van der Waals surface area contributed by atoms with E-state index >= 15 is 0 Å². The number of hydrogen-bond acceptors (Lipinski definition) is 4. The third-order valence-electron chi connectivity index (χ3n) is 5.49. The quantitative estimate of drug-likeness (QED) is 0.177. The van der Waals surface area contributed by atoms with Crippen LogP contribution in [0, 0.1) is 0 Å². The molecule has 0 radical (unpaired) electrons. The molecule has 0 aromatic carbocycles. The van der Waals surface area contributed by atoms with Crippen LogP contribution >= 0.6 is 0 Å². The number of aliphatic hydroxyl groups is 1. The minimum absolute atomic E-state index is 0. The summed E-state index contributed by atoms with van der Waals surface area (Å²) in [6.07, 6.45) is 17.8. The van der Waals surface area contributed by atoms with E-state index in [-0.39, 0.29) is 57.5 Å². The Hall–Kier alpha value is 1.51. The fraction of sp³-hybridized carbons (Fsp3) is 1.00. The van der Waals surface area contributed by atoms with Crippen molar-refractivity contribution in [3.8, 4) is 0 Å². The summed E-state index contributed by atoms with van der Waals surface area (Å²) < 4.78 is 34.3. The molecule has 1 N–H and O–H groups in total. The maximum absolute atomic E-state index is 11.4. The first kappa shape index (κ1) is 31.7. The van der Waals surface area contributed by atoms with Crippen molar-refractivity contribution in [1.82, 2.24) is 0 Å². The molecule has 0 spiro atoms. The molecule has 6 heteroatoms. The van der Waals surface area contributed by atoms with E-state index in [0.717, 1.165) is 64.2 Å². The van der Waals surface area contributed by atoms with Crippen molar-refractivity contribution in [2.75, 3.05) is 0 Å². The molecule has 0 aliphatic carbocycles. The summed E-state index contributed by atoms with van der Waals surface area (Å²) in [5, 5.41) is 9.32. The minimum Gasteiger partial charge on any atom is -0.748 e. The van der Waals surface area contributed by atoms with E-state index in [9.17, 15) is 18.1 Å². The van der Waals surface area contributed by atoms with E-state index in [1.807, 2.05) is 0 Å². The normalized spacial score (nSPS) is 13.9. The van der Waals surface area contributed by atoms with E-state index in [1.54, 1.807) is 0 Å². The van der Waals surface area contributed by atoms with Crippen LogP contribution in [0.1, 0.15) is 129 Å². The largest absolute Gasteiger partial charge is 1.00 e. The molecule has 28 heavy (non-hydrogen) atoms. The van der Waals surface area contributed by atoms with Gasteiger partial charge in [-0.25, -0.2) is 8.42 Å². The topological polar surface area (TPSA) is 77.4 Å². The second kappa shape index (κ2) is 21.7. The molecule has 0 aromatic rings. The number of hydrogen-bond donors (Lipinski definition) is 1. The summed E-state index contributed by atoms with van der Waals surface area (Å²) in [4.78, 5) is 0. The Morgan fingerprint density at radius 2 is 0.964 bits per heavy atom. The fourth-order valence-electron chi connectivity index (χ4n) is 3.64. The van der Waals surface area contributed by atoms with Gasteiger partial charge in [0, 0.05) is 5.25 Å². The Morgan fingerprint density at radius 3 is 1.36 bits per heavy atom. The summed E-state index contributed by atoms with van der Waals surface area (Å²) in [7, 11) is -4.18. The Morgan fingerprint density at radius 1 is 0.643 bits per heavy atom. The SMILES string of the molecule is CCCCCCCCC(O)CCCCCC(CCCCCCC)S(=O)(=O)[O-].[K+]. The van der Waals surface area contributed by atoms with Crippen molar-refractivity contribution in [2.45, 2.75) is 141 Å². The zero-order chi connectivity index (χ0) is 20.4. The summed E-state index contributed by atoms with van der Waals surface area (Å²) in [5.74, 6) is 0. The molecule has 0 saturated carbocycles. The summed E-state index contributed by atoms with van der Waals surface area (Å²) >= 11 is 0. The fourth-order valence-corrected chi connectivity index (χ4v) is 4.55. The zero-order valence-corrected chi connectivity index (χ0v) is 22.9. The second-order valence-corrected chi connectivity index (χ2v) is 9.82. The smallest absolute Gasteiger partial charge is 0.748 e. The molecule has 2 atom stereocenters. The van der Waals surface area contributed by atoms with Crippen molar-refractivity contribution in [3.63, 3.8) is 0 Å². The second-order valence-electron chi connectivity index (χ2n) is 8.17. The van der Waals surface area contributed by atoms with Gasteiger partial charge in [0.1, 0.15) is 0 Å². The van der Waals surface area contributed by atoms with Gasteiger partial charge in [-0.3, -0.25) is 0 Å². The van der Waals surface area contributed by atoms with Crippen LogP contribution in [0.2, 0.25) is 0 Å². The maximum Gasteiger partial charge on any atom is 1.00 e. The standard InChI is InChI=1S/C22H46O4S.K/c1-3-5-7-9-11-13-17-21(23)18-14-12-16-20-22(27(24,25)26)19-15-10-8-6-4-2;/h21-23H,3-20H2,1-2H3,(H,24,25,26);/q;+1/p-1. The Balaban J connectivity index is 0. The predicted molar refractivity (Wildman–Crippen MR) is 114 cm³/mol. The average molecular weight is 445 g/mol. The van der Waals surface area contributed by atoms with E-state index in [4.69, 9.17) is 0 Å². The number of unbranched alkanes of at least 4 members (excludes halogenated alkanes) is 11. The Kier molecular flexibility index (Phi) is 24.6. The molecule has 2 unspecified atom stereocenters. The van der Waals surface area contributed by atoms with Gasteiger partial charge in [0.25, 0.3) is 0 Å². The van der Waals surface area contributed by atoms with Crippen molar-refractivity contribution in [3.05, 3.63) is 0 Å². The molecule has 0 saturated heterocycles. The molecular weight excluding hydrogens is 399 g/mol. The molecule has 0 aliphatic rings. The van der Waals surface area contributed by atoms with Crippen molar-refractivity contribution in [1.29, 1.82) is 0 Å². The Bertz CT molecular complexity index is 415. The first-order chi connectivity index (χ1) is 12.9. The Labute approximate surface area is 218 Å². The van der Waals surface area contributed by atoms with Crippen LogP contribution < -0.4 is 51.4 Å². The van der Waals surface area contributed by atoms with Crippen LogP contribution in [-0.4, -0.2) is 29.4 Å². The van der Waals surface area contributed by atoms with Crippen molar-refractivity contribution in [2.24, 2.45) is 0 Å². The van der Waals surface area contributed by atoms with Gasteiger partial charge in [-0.05, 0) is 25.7 Å². The van der Waals surface area contributed by atoms with Crippen LogP contribution in [-0.2, 0) is 10.1 Å². The van der Waals surface area contributed by atoms with Crippen LogP contribution in [0.3, 0.4) is 0 Å². The van der Waals surface area contributed by atoms with Gasteiger partial charge in [0.15, 0.2) is 0 Å². The van der Waals surface area contributed by atoms with Gasteiger partial charge in [-0.1, -0.05) is 104 Å². The third-order valence-corrected chi connectivity index (χ3v) is 6.78. The van der Waals surface area contributed by atoms with E-state index < -0.39 is 15.4 Å². The van der Waals surface area contributed by atoms with Crippen LogP contribution in [0.5, 0.6) is 0 Å². The number of rotatable bonds is 20. The molecule has 0 fully saturated rings. The van der Waals surface area contributed by atoms with Crippen molar-refractivity contribution < 1.29 is 69.5 Å². The average Bonchev–Trinajstić information content (AvgIpc) is 2.61. The first-order valence-electron chi connectivity index (χ1n) is 11.5. The van der Waals surface area contributed by atoms with E-state index in [2.05, 4.69) is 13.8 Å². The molecule has 0 heterocycles. The monoisotopic (exact) mass is 444 g/mol. The van der Waals surface area contributed by atoms with Crippen LogP contribution in [0.25, 0.3) is 0 Å². The molecule has 4 nitrogen and oxygen atoms in total. The maximum atomic E-state index is 11.4. The zero-order valence-electron chi connectivity index (χ0n) is 19.0. The molecule has 0 bridgehead atoms. The first-order valence-corrected chi connectivity index (χ1v) is 13.0. The minimum atomic E-state index is -4.18. The van der Waals surface area contributed by atoms with Gasteiger partial charge in [-0.2, -0.15) is 0 Å². The van der Waals surface area contributed by atoms with Crippen LogP contribution in [0.15, 0.2) is 0 Å². The van der Waals surface area contributed by atoms with Gasteiger partial charge >= 0.3 is 51.4 Å². The van der Waals surface area contributed by atoms with E-state index in [1.165, 1.54) is 38.5 Å². The molecular formula is C22H45KO4S. The summed E-state index contributed by atoms with van der Waals surface area (Å²) in [6.45, 7) is 4.36. The van der Waals surface area contributed by atoms with Crippen LogP contribution in [0.4, 0.5) is 0 Å². The van der Waals surface area contributed by atoms with Crippen molar-refractivity contribution >= 4 is 10.1 Å². The molecule has 0 aromatic heterocycles. The van der Waals surface area contributed by atoms with E-state index in [0.29, 0.717) is 12.8 Å². The van der Waals surface area contributed by atoms with Gasteiger partial charge in [-0.15, -0.1) is 0 Å².